The summed E-state index contributed by atoms with van der Waals surface area (Å²) in [7, 11) is 1.64. The predicted octanol–water partition coefficient (Wildman–Crippen LogP) is 1.63. The van der Waals surface area contributed by atoms with Gasteiger partial charge in [-0.3, -0.25) is 0 Å². The second-order valence-electron chi connectivity index (χ2n) is 4.47. The van der Waals surface area contributed by atoms with Crippen LogP contribution in [-0.4, -0.2) is 31.4 Å². The van der Waals surface area contributed by atoms with Crippen LogP contribution >= 0.6 is 0 Å². The predicted molar refractivity (Wildman–Crippen MR) is 69.5 cm³/mol. The van der Waals surface area contributed by atoms with E-state index in [0.29, 0.717) is 18.3 Å². The highest BCUT2D eigenvalue weighted by Crippen LogP contribution is 2.32. The van der Waals surface area contributed by atoms with Crippen molar-refractivity contribution in [2.24, 2.45) is 0 Å². The number of aliphatic hydroxyl groups excluding tert-OH is 1. The van der Waals surface area contributed by atoms with Gasteiger partial charge in [0.2, 0.25) is 0 Å². The molecule has 1 saturated carbocycles. The van der Waals surface area contributed by atoms with E-state index in [9.17, 15) is 0 Å². The van der Waals surface area contributed by atoms with E-state index in [0.717, 1.165) is 11.4 Å². The summed E-state index contributed by atoms with van der Waals surface area (Å²) in [6.07, 6.45) is 3.65. The lowest BCUT2D eigenvalue weighted by atomic mass is 9.91. The van der Waals surface area contributed by atoms with Gasteiger partial charge in [0.25, 0.3) is 0 Å². The van der Waals surface area contributed by atoms with E-state index < -0.39 is 0 Å². The highest BCUT2D eigenvalue weighted by Gasteiger charge is 2.25. The van der Waals surface area contributed by atoms with Crippen molar-refractivity contribution >= 4 is 11.4 Å². The van der Waals surface area contributed by atoms with Crippen LogP contribution in [0.25, 0.3) is 0 Å². The summed E-state index contributed by atoms with van der Waals surface area (Å²) < 4.78 is 5.23. The SMILES string of the molecule is COc1cc(N)cc(N(CCO)C2CCC2)c1. The van der Waals surface area contributed by atoms with Gasteiger partial charge in [-0.15, -0.1) is 0 Å². The Kier molecular flexibility index (Phi) is 3.74. The Morgan fingerprint density at radius 2 is 2.18 bits per heavy atom. The smallest absolute Gasteiger partial charge is 0.122 e. The van der Waals surface area contributed by atoms with E-state index >= 15 is 0 Å². The maximum absolute atomic E-state index is 9.16. The summed E-state index contributed by atoms with van der Waals surface area (Å²) in [6.45, 7) is 0.810. The standard InChI is InChI=1S/C13H20N2O2/c1-17-13-8-10(14)7-12(9-13)15(5-6-16)11-3-2-4-11/h7-9,11,16H,2-6,14H2,1H3. The Morgan fingerprint density at radius 1 is 1.41 bits per heavy atom. The molecule has 94 valence electrons. The minimum Gasteiger partial charge on any atom is -0.497 e. The molecule has 1 fully saturated rings. The summed E-state index contributed by atoms with van der Waals surface area (Å²) in [6, 6.07) is 6.26. The summed E-state index contributed by atoms with van der Waals surface area (Å²) in [5.74, 6) is 0.766. The third-order valence-electron chi connectivity index (χ3n) is 3.34. The van der Waals surface area contributed by atoms with Crippen molar-refractivity contribution in [2.45, 2.75) is 25.3 Å². The van der Waals surface area contributed by atoms with E-state index in [1.54, 1.807) is 13.2 Å². The molecule has 4 heteroatoms. The van der Waals surface area contributed by atoms with Gasteiger partial charge in [0.15, 0.2) is 0 Å². The average Bonchev–Trinajstić information content (AvgIpc) is 2.25. The van der Waals surface area contributed by atoms with Crippen molar-refractivity contribution in [3.05, 3.63) is 18.2 Å². The summed E-state index contributed by atoms with van der Waals surface area (Å²) in [5, 5.41) is 9.16. The first kappa shape index (κ1) is 12.0. The number of ether oxygens (including phenoxy) is 1. The number of hydrogen-bond donors (Lipinski definition) is 2. The van der Waals surface area contributed by atoms with Crippen molar-refractivity contribution in [2.75, 3.05) is 30.9 Å². The first-order valence-corrected chi connectivity index (χ1v) is 6.06. The van der Waals surface area contributed by atoms with Gasteiger partial charge in [0.05, 0.1) is 13.7 Å². The molecule has 1 aliphatic rings. The maximum atomic E-state index is 9.16. The van der Waals surface area contributed by atoms with Gasteiger partial charge in [-0.05, 0) is 25.3 Å². The first-order chi connectivity index (χ1) is 8.24. The Morgan fingerprint density at radius 3 is 2.71 bits per heavy atom. The van der Waals surface area contributed by atoms with E-state index in [-0.39, 0.29) is 6.61 Å². The van der Waals surface area contributed by atoms with Crippen LogP contribution < -0.4 is 15.4 Å². The van der Waals surface area contributed by atoms with E-state index in [4.69, 9.17) is 15.6 Å². The Hall–Kier alpha value is -1.42. The number of hydrogen-bond acceptors (Lipinski definition) is 4. The average molecular weight is 236 g/mol. The minimum atomic E-state index is 0.160. The molecule has 0 saturated heterocycles. The minimum absolute atomic E-state index is 0.160. The topological polar surface area (TPSA) is 58.7 Å². The van der Waals surface area contributed by atoms with Crippen LogP contribution in [0.2, 0.25) is 0 Å². The Labute approximate surface area is 102 Å². The molecule has 0 spiro atoms. The molecule has 2 rings (SSSR count). The molecule has 0 unspecified atom stereocenters. The normalized spacial score (nSPS) is 15.4. The monoisotopic (exact) mass is 236 g/mol. The van der Waals surface area contributed by atoms with Gasteiger partial charge in [-0.25, -0.2) is 0 Å². The number of nitrogens with two attached hydrogens (primary N) is 1. The Balaban J connectivity index is 2.24. The number of nitrogens with zero attached hydrogens (tertiary/aromatic N) is 1. The number of aliphatic hydroxyl groups is 1. The molecule has 17 heavy (non-hydrogen) atoms. The molecular weight excluding hydrogens is 216 g/mol. The quantitative estimate of drug-likeness (QED) is 0.763. The Bertz CT molecular complexity index is 378. The van der Waals surface area contributed by atoms with Crippen LogP contribution in [0, 0.1) is 0 Å². The van der Waals surface area contributed by atoms with Gasteiger partial charge in [-0.1, -0.05) is 0 Å². The third-order valence-corrected chi connectivity index (χ3v) is 3.34. The zero-order chi connectivity index (χ0) is 12.3. The molecule has 0 aliphatic heterocycles. The van der Waals surface area contributed by atoms with E-state index in [1.807, 2.05) is 12.1 Å². The molecule has 1 aromatic carbocycles. The zero-order valence-electron chi connectivity index (χ0n) is 10.2. The molecule has 4 nitrogen and oxygen atoms in total. The van der Waals surface area contributed by atoms with Gasteiger partial charge in [0, 0.05) is 36.1 Å². The maximum Gasteiger partial charge on any atom is 0.122 e. The molecule has 3 N–H and O–H groups in total. The highest BCUT2D eigenvalue weighted by molar-refractivity contribution is 5.61. The van der Waals surface area contributed by atoms with Crippen LogP contribution in [0.4, 0.5) is 11.4 Å². The molecule has 0 heterocycles. The molecule has 0 aromatic heterocycles. The number of benzene rings is 1. The van der Waals surface area contributed by atoms with Crippen LogP contribution in [0.3, 0.4) is 0 Å². The number of rotatable bonds is 5. The first-order valence-electron chi connectivity index (χ1n) is 6.06. The van der Waals surface area contributed by atoms with Crippen molar-refractivity contribution in [1.29, 1.82) is 0 Å². The van der Waals surface area contributed by atoms with Crippen LogP contribution in [-0.2, 0) is 0 Å². The molecule has 0 radical (unpaired) electrons. The van der Waals surface area contributed by atoms with Gasteiger partial charge < -0.3 is 20.5 Å². The lowest BCUT2D eigenvalue weighted by Crippen LogP contribution is -2.42. The number of anilines is 2. The molecule has 1 aromatic rings. The van der Waals surface area contributed by atoms with E-state index in [2.05, 4.69) is 4.90 Å². The molecule has 0 atom stereocenters. The van der Waals surface area contributed by atoms with Crippen LogP contribution in [0.5, 0.6) is 5.75 Å². The van der Waals surface area contributed by atoms with Gasteiger partial charge >= 0.3 is 0 Å². The zero-order valence-corrected chi connectivity index (χ0v) is 10.2. The fraction of sp³-hybridized carbons (Fsp3) is 0.538. The summed E-state index contributed by atoms with van der Waals surface area (Å²) in [4.78, 5) is 2.22. The second kappa shape index (κ2) is 5.27. The second-order valence-corrected chi connectivity index (χ2v) is 4.47. The van der Waals surface area contributed by atoms with Crippen LogP contribution in [0.15, 0.2) is 18.2 Å². The van der Waals surface area contributed by atoms with Gasteiger partial charge in [-0.2, -0.15) is 0 Å². The molecule has 1 aliphatic carbocycles. The van der Waals surface area contributed by atoms with Crippen molar-refractivity contribution in [3.63, 3.8) is 0 Å². The summed E-state index contributed by atoms with van der Waals surface area (Å²) >= 11 is 0. The largest absolute Gasteiger partial charge is 0.497 e. The molecule has 0 amide bonds. The highest BCUT2D eigenvalue weighted by atomic mass is 16.5. The number of methoxy groups -OCH3 is 1. The lowest BCUT2D eigenvalue weighted by Gasteiger charge is -2.39. The summed E-state index contributed by atoms with van der Waals surface area (Å²) in [5.41, 5.74) is 7.60. The van der Waals surface area contributed by atoms with Crippen molar-refractivity contribution in [1.82, 2.24) is 0 Å². The van der Waals surface area contributed by atoms with Crippen molar-refractivity contribution < 1.29 is 9.84 Å². The lowest BCUT2D eigenvalue weighted by molar-refractivity contribution is 0.283. The van der Waals surface area contributed by atoms with E-state index in [1.165, 1.54) is 19.3 Å². The fourth-order valence-corrected chi connectivity index (χ4v) is 2.22. The fourth-order valence-electron chi connectivity index (χ4n) is 2.22. The van der Waals surface area contributed by atoms with Gasteiger partial charge in [0.1, 0.15) is 5.75 Å². The molecular formula is C13H20N2O2. The third kappa shape index (κ3) is 2.64. The number of nitrogen functional groups attached to an aromatic ring is 1. The van der Waals surface area contributed by atoms with Crippen molar-refractivity contribution in [3.8, 4) is 5.75 Å². The molecule has 0 bridgehead atoms. The van der Waals surface area contributed by atoms with Crippen LogP contribution in [0.1, 0.15) is 19.3 Å².